The van der Waals surface area contributed by atoms with Crippen molar-refractivity contribution in [1.29, 1.82) is 0 Å². The lowest BCUT2D eigenvalue weighted by Crippen LogP contribution is -2.58. The third-order valence-electron chi connectivity index (χ3n) is 9.71. The van der Waals surface area contributed by atoms with Crippen LogP contribution >= 0.6 is 11.6 Å². The number of nitrogens with zero attached hydrogens (tertiary/aromatic N) is 1. The van der Waals surface area contributed by atoms with E-state index in [2.05, 4.69) is 16.0 Å². The van der Waals surface area contributed by atoms with Gasteiger partial charge in [0.2, 0.25) is 15.9 Å². The quantitative estimate of drug-likeness (QED) is 0.364. The van der Waals surface area contributed by atoms with Gasteiger partial charge in [0.25, 0.3) is 0 Å². The number of ether oxygens (including phenoxy) is 2. The Kier molecular flexibility index (Phi) is 10.7. The SMILES string of the molecule is COC(=O)N[C@H](C(=O)Nc1cccc(F)c1CCC1CN[C@@H]2CCCS(=O)(=O)N1C2)C1(c2ccc(Cl)cc2)CCC(OC)CC1. The van der Waals surface area contributed by atoms with E-state index in [4.69, 9.17) is 21.1 Å². The number of alkyl carbamates (subject to hydrolysis) is 1. The summed E-state index contributed by atoms with van der Waals surface area (Å²) in [7, 11) is -0.510. The minimum atomic E-state index is -3.40. The molecule has 0 radical (unpaired) electrons. The maximum absolute atomic E-state index is 15.4. The maximum atomic E-state index is 15.4. The van der Waals surface area contributed by atoms with Crippen LogP contribution in [0.5, 0.6) is 0 Å². The summed E-state index contributed by atoms with van der Waals surface area (Å²) in [5.74, 6) is -0.911. The summed E-state index contributed by atoms with van der Waals surface area (Å²) in [4.78, 5) is 26.9. The average molecular weight is 665 g/mol. The standard InChI is InChI=1S/C32H42ClFN4O6S/c1-43-25-14-16-32(17-15-25,21-8-10-22(33)11-9-21)29(37-31(40)44-2)30(39)36-28-7-3-6-27(34)26(28)13-12-24-19-35-23-5-4-18-45(41,42)38(24)20-23/h3,6-11,23-25,29,35H,4-5,12-20H2,1-2H3,(H,36,39)(H,37,40)/t23-,24?,25?,29-,32?/m1/s1. The van der Waals surface area contributed by atoms with Gasteiger partial charge in [0.1, 0.15) is 11.9 Å². The minimum absolute atomic E-state index is 0.0136. The molecular formula is C32H42ClFN4O6S. The molecule has 0 aromatic heterocycles. The highest BCUT2D eigenvalue weighted by atomic mass is 35.5. The molecule has 3 aliphatic rings. The number of hydrogen-bond donors (Lipinski definition) is 3. The topological polar surface area (TPSA) is 126 Å². The molecule has 1 saturated carbocycles. The lowest BCUT2D eigenvalue weighted by Gasteiger charge is -2.45. The maximum Gasteiger partial charge on any atom is 0.407 e. The van der Waals surface area contributed by atoms with Crippen LogP contribution in [-0.2, 0) is 36.1 Å². The second-order valence-corrected chi connectivity index (χ2v) is 14.7. The van der Waals surface area contributed by atoms with E-state index in [1.165, 1.54) is 19.2 Å². The molecule has 10 nitrogen and oxygen atoms in total. The van der Waals surface area contributed by atoms with Gasteiger partial charge in [0.05, 0.1) is 19.0 Å². The highest BCUT2D eigenvalue weighted by Gasteiger charge is 2.48. The van der Waals surface area contributed by atoms with Crippen LogP contribution in [0.25, 0.3) is 0 Å². The number of piperazine rings is 1. The first-order chi connectivity index (χ1) is 21.6. The van der Waals surface area contributed by atoms with E-state index < -0.39 is 39.3 Å². The van der Waals surface area contributed by atoms with Gasteiger partial charge in [-0.3, -0.25) is 4.79 Å². The normalized spacial score (nSPS) is 28.4. The van der Waals surface area contributed by atoms with Gasteiger partial charge in [-0.15, -0.1) is 0 Å². The number of amides is 2. The number of benzene rings is 2. The Morgan fingerprint density at radius 3 is 2.56 bits per heavy atom. The number of methoxy groups -OCH3 is 2. The molecule has 3 fully saturated rings. The van der Waals surface area contributed by atoms with Crippen molar-refractivity contribution in [3.05, 3.63) is 64.4 Å². The Labute approximate surface area is 269 Å². The highest BCUT2D eigenvalue weighted by molar-refractivity contribution is 7.89. The second-order valence-electron chi connectivity index (χ2n) is 12.2. The van der Waals surface area contributed by atoms with Crippen LogP contribution in [0, 0.1) is 5.82 Å². The molecule has 0 spiro atoms. The molecule has 13 heteroatoms. The van der Waals surface area contributed by atoms with Crippen molar-refractivity contribution in [2.24, 2.45) is 0 Å². The Hall–Kier alpha value is -2.77. The first kappa shape index (κ1) is 33.6. The average Bonchev–Trinajstić information content (AvgIpc) is 3.15. The van der Waals surface area contributed by atoms with Crippen LogP contribution in [0.4, 0.5) is 14.9 Å². The molecule has 2 heterocycles. The zero-order valence-electron chi connectivity index (χ0n) is 25.7. The lowest BCUT2D eigenvalue weighted by molar-refractivity contribution is -0.120. The third kappa shape index (κ3) is 7.46. The van der Waals surface area contributed by atoms with Gasteiger partial charge in [-0.25, -0.2) is 17.6 Å². The number of hydrogen-bond acceptors (Lipinski definition) is 7. The number of sulfonamides is 1. The van der Waals surface area contributed by atoms with Gasteiger partial charge in [-0.05, 0) is 81.2 Å². The van der Waals surface area contributed by atoms with Crippen LogP contribution in [-0.4, -0.2) is 82.0 Å². The van der Waals surface area contributed by atoms with Crippen LogP contribution < -0.4 is 16.0 Å². The molecule has 2 aromatic carbocycles. The van der Waals surface area contributed by atoms with Crippen LogP contribution in [0.3, 0.4) is 0 Å². The molecule has 4 atom stereocenters. The summed E-state index contributed by atoms with van der Waals surface area (Å²) in [5.41, 5.74) is 0.560. The highest BCUT2D eigenvalue weighted by Crippen LogP contribution is 2.44. The summed E-state index contributed by atoms with van der Waals surface area (Å²) in [6.07, 6.45) is 3.62. The number of fused-ring (bicyclic) bond motifs is 2. The van der Waals surface area contributed by atoms with Crippen molar-refractivity contribution in [2.75, 3.05) is 38.4 Å². The molecule has 246 valence electrons. The molecule has 2 unspecified atom stereocenters. The monoisotopic (exact) mass is 664 g/mol. The van der Waals surface area contributed by atoms with Crippen molar-refractivity contribution in [1.82, 2.24) is 14.9 Å². The van der Waals surface area contributed by atoms with Gasteiger partial charge in [0, 0.05) is 54.0 Å². The van der Waals surface area contributed by atoms with E-state index in [0.29, 0.717) is 56.6 Å². The first-order valence-corrected chi connectivity index (χ1v) is 17.5. The number of halogens is 2. The fraction of sp³-hybridized carbons (Fsp3) is 0.562. The largest absolute Gasteiger partial charge is 0.453 e. The zero-order valence-corrected chi connectivity index (χ0v) is 27.3. The third-order valence-corrected chi connectivity index (χ3v) is 11.9. The fourth-order valence-corrected chi connectivity index (χ4v) is 9.12. The van der Waals surface area contributed by atoms with Crippen molar-refractivity contribution in [3.8, 4) is 0 Å². The summed E-state index contributed by atoms with van der Waals surface area (Å²) in [5, 5.41) is 9.68. The van der Waals surface area contributed by atoms with E-state index in [-0.39, 0.29) is 41.6 Å². The van der Waals surface area contributed by atoms with Crippen LogP contribution in [0.2, 0.25) is 5.02 Å². The van der Waals surface area contributed by atoms with Crippen molar-refractivity contribution < 1.29 is 31.9 Å². The van der Waals surface area contributed by atoms with Crippen LogP contribution in [0.15, 0.2) is 42.5 Å². The number of carbonyl (C=O) groups excluding carboxylic acids is 2. The van der Waals surface area contributed by atoms with Gasteiger partial charge in [-0.2, -0.15) is 4.31 Å². The number of anilines is 1. The van der Waals surface area contributed by atoms with Gasteiger partial charge >= 0.3 is 6.09 Å². The van der Waals surface area contributed by atoms with Crippen molar-refractivity contribution >= 4 is 39.3 Å². The Morgan fingerprint density at radius 1 is 1.13 bits per heavy atom. The summed E-state index contributed by atoms with van der Waals surface area (Å²) >= 11 is 6.20. The van der Waals surface area contributed by atoms with Crippen molar-refractivity contribution in [2.45, 2.75) is 81.0 Å². The molecule has 5 rings (SSSR count). The molecule has 3 N–H and O–H groups in total. The Bertz CT molecular complexity index is 1470. The second kappa shape index (κ2) is 14.3. The predicted octanol–water partition coefficient (Wildman–Crippen LogP) is 4.37. The van der Waals surface area contributed by atoms with E-state index in [1.807, 2.05) is 12.1 Å². The van der Waals surface area contributed by atoms with E-state index >= 15 is 4.39 Å². The van der Waals surface area contributed by atoms with Gasteiger partial charge < -0.3 is 25.4 Å². The minimum Gasteiger partial charge on any atom is -0.453 e. The Morgan fingerprint density at radius 2 is 1.87 bits per heavy atom. The zero-order chi connectivity index (χ0) is 32.2. The smallest absolute Gasteiger partial charge is 0.407 e. The number of carbonyl (C=O) groups is 2. The first-order valence-electron chi connectivity index (χ1n) is 15.5. The molecule has 2 saturated heterocycles. The van der Waals surface area contributed by atoms with E-state index in [1.54, 1.807) is 29.6 Å². The lowest BCUT2D eigenvalue weighted by atomic mass is 9.64. The van der Waals surface area contributed by atoms with E-state index in [0.717, 1.165) is 12.0 Å². The summed E-state index contributed by atoms with van der Waals surface area (Å²) in [6, 6.07) is 10.4. The summed E-state index contributed by atoms with van der Waals surface area (Å²) in [6.45, 7) is 0.892. The van der Waals surface area contributed by atoms with Gasteiger partial charge in [-0.1, -0.05) is 29.8 Å². The molecule has 2 amide bonds. The fourth-order valence-electron chi connectivity index (χ4n) is 7.19. The molecule has 45 heavy (non-hydrogen) atoms. The summed E-state index contributed by atoms with van der Waals surface area (Å²) < 4.78 is 53.4. The van der Waals surface area contributed by atoms with E-state index in [9.17, 15) is 18.0 Å². The molecule has 2 bridgehead atoms. The molecule has 2 aromatic rings. The Balaban J connectivity index is 1.42. The molecular weight excluding hydrogens is 623 g/mol. The van der Waals surface area contributed by atoms with Gasteiger partial charge in [0.15, 0.2) is 0 Å². The number of rotatable bonds is 9. The van der Waals surface area contributed by atoms with Crippen molar-refractivity contribution in [3.63, 3.8) is 0 Å². The number of nitrogens with one attached hydrogen (secondary N) is 3. The predicted molar refractivity (Wildman–Crippen MR) is 170 cm³/mol. The molecule has 1 aliphatic carbocycles. The molecule has 2 aliphatic heterocycles. The van der Waals surface area contributed by atoms with Crippen LogP contribution in [0.1, 0.15) is 56.1 Å².